The largest absolute Gasteiger partial charge is 0.381 e. The first-order valence-electron chi connectivity index (χ1n) is 5.10. The second kappa shape index (κ2) is 4.57. The number of hydrogen-bond donors (Lipinski definition) is 1. The van der Waals surface area contributed by atoms with Crippen molar-refractivity contribution in [3.05, 3.63) is 17.5 Å². The zero-order valence-corrected chi connectivity index (χ0v) is 8.24. The second-order valence-electron chi connectivity index (χ2n) is 3.74. The van der Waals surface area contributed by atoms with E-state index in [9.17, 15) is 0 Å². The molecule has 4 nitrogen and oxygen atoms in total. The van der Waals surface area contributed by atoms with Gasteiger partial charge in [-0.3, -0.25) is 0 Å². The molecule has 14 heavy (non-hydrogen) atoms. The summed E-state index contributed by atoms with van der Waals surface area (Å²) < 4.78 is 10.5. The maximum Gasteiger partial charge on any atom is 0.141 e. The zero-order valence-electron chi connectivity index (χ0n) is 8.24. The predicted molar refractivity (Wildman–Crippen MR) is 51.6 cm³/mol. The number of rotatable bonds is 3. The summed E-state index contributed by atoms with van der Waals surface area (Å²) in [5.41, 5.74) is 6.61. The Morgan fingerprint density at radius 3 is 2.93 bits per heavy atom. The summed E-state index contributed by atoms with van der Waals surface area (Å²) in [6, 6.07) is 0. The quantitative estimate of drug-likeness (QED) is 0.786. The maximum absolute atomic E-state index is 5.58. The van der Waals surface area contributed by atoms with Gasteiger partial charge in [0.05, 0.1) is 6.20 Å². The fraction of sp³-hybridized carbons (Fsp3) is 0.700. The minimum Gasteiger partial charge on any atom is -0.381 e. The van der Waals surface area contributed by atoms with Gasteiger partial charge < -0.3 is 15.0 Å². The van der Waals surface area contributed by atoms with E-state index in [1.54, 1.807) is 6.20 Å². The summed E-state index contributed by atoms with van der Waals surface area (Å²) >= 11 is 0. The van der Waals surface area contributed by atoms with E-state index in [4.69, 9.17) is 15.0 Å². The lowest BCUT2D eigenvalue weighted by molar-refractivity contribution is 0.0645. The third-order valence-corrected chi connectivity index (χ3v) is 2.76. The minimum absolute atomic E-state index is 0.516. The zero-order chi connectivity index (χ0) is 9.80. The van der Waals surface area contributed by atoms with Crippen LogP contribution in [0.1, 0.15) is 24.2 Å². The number of nitrogens with zero attached hydrogens (tertiary/aromatic N) is 1. The molecule has 0 aliphatic carbocycles. The average Bonchev–Trinajstić information content (AvgIpc) is 2.67. The van der Waals surface area contributed by atoms with Crippen LogP contribution < -0.4 is 5.73 Å². The standard InChI is InChI=1S/C10H16N2O2/c11-6-9-7-12-14-10(9)5-8-1-3-13-4-2-8/h7-8H,1-6,11H2. The Kier molecular flexibility index (Phi) is 3.16. The summed E-state index contributed by atoms with van der Waals surface area (Å²) in [6.45, 7) is 2.26. The molecule has 1 fully saturated rings. The molecule has 1 saturated heterocycles. The van der Waals surface area contributed by atoms with Gasteiger partial charge in [-0.05, 0) is 18.8 Å². The molecule has 0 amide bonds. The first-order chi connectivity index (χ1) is 6.90. The predicted octanol–water partition coefficient (Wildman–Crippen LogP) is 1.10. The van der Waals surface area contributed by atoms with Gasteiger partial charge in [-0.25, -0.2) is 0 Å². The molecule has 0 aromatic carbocycles. The minimum atomic E-state index is 0.516. The van der Waals surface area contributed by atoms with E-state index in [1.807, 2.05) is 0 Å². The smallest absolute Gasteiger partial charge is 0.141 e. The maximum atomic E-state index is 5.58. The van der Waals surface area contributed by atoms with Crippen molar-refractivity contribution in [2.45, 2.75) is 25.8 Å². The summed E-state index contributed by atoms with van der Waals surface area (Å²) in [6.07, 6.45) is 4.90. The molecule has 1 aliphatic rings. The van der Waals surface area contributed by atoms with Crippen LogP contribution in [0.5, 0.6) is 0 Å². The highest BCUT2D eigenvalue weighted by atomic mass is 16.5. The summed E-state index contributed by atoms with van der Waals surface area (Å²) in [5, 5.41) is 3.77. The molecule has 4 heteroatoms. The fourth-order valence-corrected chi connectivity index (χ4v) is 1.83. The van der Waals surface area contributed by atoms with Crippen LogP contribution in [0.25, 0.3) is 0 Å². The Bertz CT molecular complexity index is 279. The van der Waals surface area contributed by atoms with E-state index in [2.05, 4.69) is 5.16 Å². The Hall–Kier alpha value is -0.870. The van der Waals surface area contributed by atoms with Crippen LogP contribution in [0.3, 0.4) is 0 Å². The van der Waals surface area contributed by atoms with Gasteiger partial charge in [0.1, 0.15) is 5.76 Å². The van der Waals surface area contributed by atoms with Gasteiger partial charge in [0.25, 0.3) is 0 Å². The second-order valence-corrected chi connectivity index (χ2v) is 3.74. The van der Waals surface area contributed by atoms with Crippen LogP contribution in [-0.4, -0.2) is 18.4 Å². The monoisotopic (exact) mass is 196 g/mol. The van der Waals surface area contributed by atoms with E-state index in [0.29, 0.717) is 12.5 Å². The van der Waals surface area contributed by atoms with Crippen LogP contribution >= 0.6 is 0 Å². The molecule has 0 spiro atoms. The van der Waals surface area contributed by atoms with Gasteiger partial charge in [0.15, 0.2) is 0 Å². The van der Waals surface area contributed by atoms with Crippen LogP contribution in [0.4, 0.5) is 0 Å². The molecule has 2 rings (SSSR count). The molecule has 78 valence electrons. The number of ether oxygens (including phenoxy) is 1. The lowest BCUT2D eigenvalue weighted by Gasteiger charge is -2.20. The highest BCUT2D eigenvalue weighted by Gasteiger charge is 2.17. The third kappa shape index (κ3) is 2.13. The highest BCUT2D eigenvalue weighted by molar-refractivity contribution is 5.13. The van der Waals surface area contributed by atoms with Gasteiger partial charge in [-0.15, -0.1) is 0 Å². The molecule has 1 aromatic rings. The van der Waals surface area contributed by atoms with Gasteiger partial charge in [-0.2, -0.15) is 0 Å². The molecule has 0 radical (unpaired) electrons. The number of hydrogen-bond acceptors (Lipinski definition) is 4. The molecule has 0 atom stereocenters. The van der Waals surface area contributed by atoms with E-state index < -0.39 is 0 Å². The molecule has 1 aliphatic heterocycles. The fourth-order valence-electron chi connectivity index (χ4n) is 1.83. The van der Waals surface area contributed by atoms with Crippen LogP contribution in [0.2, 0.25) is 0 Å². The molecule has 2 N–H and O–H groups in total. The molecule has 0 bridgehead atoms. The van der Waals surface area contributed by atoms with E-state index in [-0.39, 0.29) is 0 Å². The van der Waals surface area contributed by atoms with Crippen molar-refractivity contribution in [3.8, 4) is 0 Å². The van der Waals surface area contributed by atoms with Gasteiger partial charge in [0, 0.05) is 31.7 Å². The lowest BCUT2D eigenvalue weighted by Crippen LogP contribution is -2.18. The van der Waals surface area contributed by atoms with Crippen LogP contribution in [0.15, 0.2) is 10.7 Å². The summed E-state index contributed by atoms with van der Waals surface area (Å²) in [5.74, 6) is 1.63. The molecule has 2 heterocycles. The average molecular weight is 196 g/mol. The Labute approximate surface area is 83.4 Å². The van der Waals surface area contributed by atoms with Crippen LogP contribution in [0, 0.1) is 5.92 Å². The van der Waals surface area contributed by atoms with Crippen molar-refractivity contribution in [1.82, 2.24) is 5.16 Å². The third-order valence-electron chi connectivity index (χ3n) is 2.76. The van der Waals surface area contributed by atoms with Crippen molar-refractivity contribution < 1.29 is 9.26 Å². The molecular weight excluding hydrogens is 180 g/mol. The lowest BCUT2D eigenvalue weighted by atomic mass is 9.94. The molecular formula is C10H16N2O2. The molecule has 0 unspecified atom stereocenters. The summed E-state index contributed by atoms with van der Waals surface area (Å²) in [7, 11) is 0. The first-order valence-corrected chi connectivity index (χ1v) is 5.10. The van der Waals surface area contributed by atoms with Gasteiger partial charge >= 0.3 is 0 Å². The van der Waals surface area contributed by atoms with E-state index in [1.165, 1.54) is 0 Å². The van der Waals surface area contributed by atoms with Crippen molar-refractivity contribution in [2.24, 2.45) is 11.7 Å². The van der Waals surface area contributed by atoms with Crippen LogP contribution in [-0.2, 0) is 17.7 Å². The normalized spacial score (nSPS) is 18.6. The van der Waals surface area contributed by atoms with Crippen molar-refractivity contribution >= 4 is 0 Å². The molecule has 1 aromatic heterocycles. The first kappa shape index (κ1) is 9.68. The Morgan fingerprint density at radius 2 is 2.21 bits per heavy atom. The number of aromatic nitrogens is 1. The SMILES string of the molecule is NCc1cnoc1CC1CCOCC1. The Balaban J connectivity index is 1.95. The van der Waals surface area contributed by atoms with Gasteiger partial charge in [0.2, 0.25) is 0 Å². The van der Waals surface area contributed by atoms with E-state index in [0.717, 1.165) is 43.8 Å². The van der Waals surface area contributed by atoms with Crippen molar-refractivity contribution in [2.75, 3.05) is 13.2 Å². The van der Waals surface area contributed by atoms with Gasteiger partial charge in [-0.1, -0.05) is 5.16 Å². The highest BCUT2D eigenvalue weighted by Crippen LogP contribution is 2.21. The summed E-state index contributed by atoms with van der Waals surface area (Å²) in [4.78, 5) is 0. The Morgan fingerprint density at radius 1 is 1.43 bits per heavy atom. The number of nitrogens with two attached hydrogens (primary N) is 1. The van der Waals surface area contributed by atoms with E-state index >= 15 is 0 Å². The molecule has 0 saturated carbocycles. The topological polar surface area (TPSA) is 61.3 Å². The van der Waals surface area contributed by atoms with Crippen molar-refractivity contribution in [3.63, 3.8) is 0 Å². The van der Waals surface area contributed by atoms with Crippen molar-refractivity contribution in [1.29, 1.82) is 0 Å².